The number of nitrogens with zero attached hydrogens (tertiary/aromatic N) is 3. The standard InChI is InChI=1S/C27H28N4O5S/c1-27(23-12-11-21-9-5-6-10-22(21)17-23)25(33)31(26(34)28-27)18-24(32)29-13-15-30(16-14-29)37(35,36)19-20-7-3-2-4-8-20/h2-12,17H,13-16,18-19H2,1H3,(H,28,34)/t27-/m1/s1. The summed E-state index contributed by atoms with van der Waals surface area (Å²) in [7, 11) is -3.52. The Bertz CT molecular complexity index is 1470. The van der Waals surface area contributed by atoms with Crippen LogP contribution in [0.1, 0.15) is 18.1 Å². The molecule has 0 bridgehead atoms. The maximum absolute atomic E-state index is 13.3. The van der Waals surface area contributed by atoms with Crippen molar-refractivity contribution >= 4 is 38.6 Å². The molecule has 3 aromatic rings. The van der Waals surface area contributed by atoms with Crippen molar-refractivity contribution in [1.29, 1.82) is 0 Å². The van der Waals surface area contributed by atoms with E-state index in [1.165, 1.54) is 9.21 Å². The van der Waals surface area contributed by atoms with Crippen molar-refractivity contribution in [3.05, 3.63) is 83.9 Å². The van der Waals surface area contributed by atoms with Gasteiger partial charge >= 0.3 is 6.03 Å². The molecular formula is C27H28N4O5S. The lowest BCUT2D eigenvalue weighted by atomic mass is 9.90. The van der Waals surface area contributed by atoms with E-state index in [9.17, 15) is 22.8 Å². The van der Waals surface area contributed by atoms with Gasteiger partial charge in [-0.2, -0.15) is 4.31 Å². The molecule has 0 aliphatic carbocycles. The summed E-state index contributed by atoms with van der Waals surface area (Å²) in [6, 6.07) is 21.6. The van der Waals surface area contributed by atoms with Crippen molar-refractivity contribution in [1.82, 2.24) is 19.4 Å². The van der Waals surface area contributed by atoms with Gasteiger partial charge in [0.15, 0.2) is 0 Å². The van der Waals surface area contributed by atoms with E-state index >= 15 is 0 Å². The van der Waals surface area contributed by atoms with E-state index in [1.54, 1.807) is 37.3 Å². The monoisotopic (exact) mass is 520 g/mol. The summed E-state index contributed by atoms with van der Waals surface area (Å²) < 4.78 is 27.0. The molecule has 3 aromatic carbocycles. The van der Waals surface area contributed by atoms with Gasteiger partial charge in [0, 0.05) is 26.2 Å². The van der Waals surface area contributed by atoms with Gasteiger partial charge in [-0.05, 0) is 34.9 Å². The quantitative estimate of drug-likeness (QED) is 0.502. The van der Waals surface area contributed by atoms with Crippen LogP contribution in [0.15, 0.2) is 72.8 Å². The second kappa shape index (κ2) is 9.60. The summed E-state index contributed by atoms with van der Waals surface area (Å²) >= 11 is 0. The van der Waals surface area contributed by atoms with Gasteiger partial charge in [0.2, 0.25) is 15.9 Å². The van der Waals surface area contributed by atoms with Crippen LogP contribution in [0, 0.1) is 0 Å². The molecule has 37 heavy (non-hydrogen) atoms. The predicted octanol–water partition coefficient (Wildman–Crippen LogP) is 2.28. The lowest BCUT2D eigenvalue weighted by molar-refractivity contribution is -0.139. The van der Waals surface area contributed by atoms with Crippen LogP contribution in [0.5, 0.6) is 0 Å². The molecule has 0 aromatic heterocycles. The van der Waals surface area contributed by atoms with Crippen molar-refractivity contribution in [2.24, 2.45) is 0 Å². The highest BCUT2D eigenvalue weighted by atomic mass is 32.2. The highest BCUT2D eigenvalue weighted by molar-refractivity contribution is 7.88. The lowest BCUT2D eigenvalue weighted by Gasteiger charge is -2.34. The summed E-state index contributed by atoms with van der Waals surface area (Å²) in [5.41, 5.74) is 0.0526. The van der Waals surface area contributed by atoms with E-state index < -0.39 is 40.0 Å². The first kappa shape index (κ1) is 24.9. The molecule has 10 heteroatoms. The molecule has 0 spiro atoms. The molecule has 0 saturated carbocycles. The van der Waals surface area contributed by atoms with Gasteiger partial charge in [0.25, 0.3) is 5.91 Å². The number of fused-ring (bicyclic) bond motifs is 1. The zero-order valence-corrected chi connectivity index (χ0v) is 21.3. The highest BCUT2D eigenvalue weighted by Gasteiger charge is 2.50. The van der Waals surface area contributed by atoms with Gasteiger partial charge in [-0.3, -0.25) is 14.5 Å². The summed E-state index contributed by atoms with van der Waals surface area (Å²) in [4.78, 5) is 41.5. The minimum Gasteiger partial charge on any atom is -0.338 e. The van der Waals surface area contributed by atoms with Crippen molar-refractivity contribution in [2.45, 2.75) is 18.2 Å². The summed E-state index contributed by atoms with van der Waals surface area (Å²) in [5.74, 6) is -0.992. The molecular weight excluding hydrogens is 492 g/mol. The van der Waals surface area contributed by atoms with Gasteiger partial charge in [-0.1, -0.05) is 66.7 Å². The largest absolute Gasteiger partial charge is 0.338 e. The first-order valence-electron chi connectivity index (χ1n) is 12.1. The molecule has 2 saturated heterocycles. The van der Waals surface area contributed by atoms with Crippen molar-refractivity contribution in [2.75, 3.05) is 32.7 Å². The Morgan fingerprint density at radius 3 is 2.24 bits per heavy atom. The van der Waals surface area contributed by atoms with Crippen LogP contribution in [0.3, 0.4) is 0 Å². The number of rotatable bonds is 6. The number of piperazine rings is 1. The summed E-state index contributed by atoms with van der Waals surface area (Å²) in [6.45, 7) is 1.95. The lowest BCUT2D eigenvalue weighted by Crippen LogP contribution is -2.53. The number of hydrogen-bond donors (Lipinski definition) is 1. The van der Waals surface area contributed by atoms with Crippen LogP contribution < -0.4 is 5.32 Å². The van der Waals surface area contributed by atoms with Crippen LogP contribution in [0.25, 0.3) is 10.8 Å². The maximum Gasteiger partial charge on any atom is 0.325 e. The molecule has 4 amide bonds. The molecule has 2 aliphatic heterocycles. The van der Waals surface area contributed by atoms with Gasteiger partial charge in [-0.15, -0.1) is 0 Å². The van der Waals surface area contributed by atoms with Gasteiger partial charge < -0.3 is 10.2 Å². The molecule has 0 radical (unpaired) electrons. The molecule has 192 valence electrons. The minimum atomic E-state index is -3.52. The molecule has 9 nitrogen and oxygen atoms in total. The molecule has 1 N–H and O–H groups in total. The number of carbonyl (C=O) groups is 3. The molecule has 2 fully saturated rings. The van der Waals surface area contributed by atoms with Crippen LogP contribution in [0.4, 0.5) is 4.79 Å². The Hall–Kier alpha value is -3.76. The fourth-order valence-corrected chi connectivity index (χ4v) is 6.38. The Balaban J connectivity index is 1.22. The Morgan fingerprint density at radius 2 is 1.54 bits per heavy atom. The average Bonchev–Trinajstić information content (AvgIpc) is 3.12. The zero-order valence-electron chi connectivity index (χ0n) is 20.5. The van der Waals surface area contributed by atoms with E-state index in [1.807, 2.05) is 42.5 Å². The molecule has 5 rings (SSSR count). The third kappa shape index (κ3) is 4.82. The van der Waals surface area contributed by atoms with E-state index in [4.69, 9.17) is 0 Å². The number of nitrogens with one attached hydrogen (secondary N) is 1. The maximum atomic E-state index is 13.3. The van der Waals surface area contributed by atoms with Crippen LogP contribution >= 0.6 is 0 Å². The van der Waals surface area contributed by atoms with Crippen molar-refractivity contribution in [3.8, 4) is 0 Å². The second-order valence-electron chi connectivity index (χ2n) is 9.53. The molecule has 1 atom stereocenters. The Morgan fingerprint density at radius 1 is 0.892 bits per heavy atom. The number of amides is 4. The van der Waals surface area contributed by atoms with Crippen molar-refractivity contribution in [3.63, 3.8) is 0 Å². The van der Waals surface area contributed by atoms with Gasteiger partial charge in [-0.25, -0.2) is 13.2 Å². The number of hydrogen-bond acceptors (Lipinski definition) is 5. The summed E-state index contributed by atoms with van der Waals surface area (Å²) in [5, 5.41) is 4.71. The third-order valence-corrected chi connectivity index (χ3v) is 8.92. The molecule has 0 unspecified atom stereocenters. The van der Waals surface area contributed by atoms with Crippen LogP contribution in [0.2, 0.25) is 0 Å². The number of urea groups is 1. The third-order valence-electron chi connectivity index (χ3n) is 7.07. The predicted molar refractivity (Wildman–Crippen MR) is 139 cm³/mol. The van der Waals surface area contributed by atoms with Crippen molar-refractivity contribution < 1.29 is 22.8 Å². The first-order chi connectivity index (χ1) is 17.7. The average molecular weight is 521 g/mol. The normalized spacial score (nSPS) is 20.9. The summed E-state index contributed by atoms with van der Waals surface area (Å²) in [6.07, 6.45) is 0. The fraction of sp³-hybridized carbons (Fsp3) is 0.296. The number of carbonyl (C=O) groups excluding carboxylic acids is 3. The van der Waals surface area contributed by atoms with E-state index in [2.05, 4.69) is 5.32 Å². The SMILES string of the molecule is C[C@]1(c2ccc3ccccc3c2)NC(=O)N(CC(=O)N2CCN(S(=O)(=O)Cc3ccccc3)CC2)C1=O. The first-order valence-corrected chi connectivity index (χ1v) is 13.7. The topological polar surface area (TPSA) is 107 Å². The molecule has 2 aliphatic rings. The van der Waals surface area contributed by atoms with Crippen LogP contribution in [-0.2, 0) is 30.9 Å². The fourth-order valence-electron chi connectivity index (χ4n) is 4.86. The zero-order chi connectivity index (χ0) is 26.2. The van der Waals surface area contributed by atoms with Crippen LogP contribution in [-0.4, -0.2) is 73.1 Å². The van der Waals surface area contributed by atoms with E-state index in [0.29, 0.717) is 11.1 Å². The highest BCUT2D eigenvalue weighted by Crippen LogP contribution is 2.31. The van der Waals surface area contributed by atoms with E-state index in [-0.39, 0.29) is 31.9 Å². The second-order valence-corrected chi connectivity index (χ2v) is 11.5. The van der Waals surface area contributed by atoms with E-state index in [0.717, 1.165) is 15.7 Å². The Labute approximate surface area is 215 Å². The van der Waals surface area contributed by atoms with Gasteiger partial charge in [0.1, 0.15) is 12.1 Å². The number of imide groups is 1. The number of sulfonamides is 1. The smallest absolute Gasteiger partial charge is 0.325 e. The molecule has 2 heterocycles. The number of benzene rings is 3. The Kier molecular flexibility index (Phi) is 6.47. The minimum absolute atomic E-state index is 0.0996. The van der Waals surface area contributed by atoms with Gasteiger partial charge in [0.05, 0.1) is 5.75 Å².